The molecule has 0 spiro atoms. The number of ether oxygens (including phenoxy) is 2. The molecular formula is C17H18N6O2. The van der Waals surface area contributed by atoms with Gasteiger partial charge in [-0.05, 0) is 17.7 Å². The molecule has 2 aromatic carbocycles. The maximum Gasteiger partial charge on any atom is 0.263 e. The van der Waals surface area contributed by atoms with Gasteiger partial charge in [0.25, 0.3) is 5.95 Å². The summed E-state index contributed by atoms with van der Waals surface area (Å²) in [5.41, 5.74) is 4.53. The summed E-state index contributed by atoms with van der Waals surface area (Å²) in [6.07, 6.45) is 2.98. The minimum absolute atomic E-state index is 0.325. The number of para-hydroxylation sites is 1. The lowest BCUT2D eigenvalue weighted by atomic mass is 10.2. The number of hydrogen-bond acceptors (Lipinski definition) is 7. The molecule has 0 saturated heterocycles. The van der Waals surface area contributed by atoms with E-state index < -0.39 is 0 Å². The van der Waals surface area contributed by atoms with Gasteiger partial charge in [-0.15, -0.1) is 10.2 Å². The van der Waals surface area contributed by atoms with Gasteiger partial charge in [-0.1, -0.05) is 36.4 Å². The molecule has 8 heteroatoms. The van der Waals surface area contributed by atoms with E-state index in [0.29, 0.717) is 24.1 Å². The van der Waals surface area contributed by atoms with Crippen molar-refractivity contribution in [3.05, 3.63) is 66.0 Å². The van der Waals surface area contributed by atoms with E-state index >= 15 is 0 Å². The monoisotopic (exact) mass is 338 g/mol. The molecule has 0 fully saturated rings. The molecule has 0 saturated carbocycles. The number of anilines is 1. The number of aromatic nitrogens is 3. The summed E-state index contributed by atoms with van der Waals surface area (Å²) in [6.45, 7) is 0.423. The topological polar surface area (TPSA) is 99.6 Å². The highest BCUT2D eigenvalue weighted by atomic mass is 16.5. The molecule has 128 valence electrons. The average molecular weight is 338 g/mol. The van der Waals surface area contributed by atoms with E-state index in [1.165, 1.54) is 11.0 Å². The van der Waals surface area contributed by atoms with Crippen molar-refractivity contribution < 1.29 is 9.47 Å². The molecule has 25 heavy (non-hydrogen) atoms. The lowest BCUT2D eigenvalue weighted by molar-refractivity contribution is 0.284. The SMILES string of the molecule is COc1cccc(/C=N/Nc2nncn2N)c1OCc1ccccc1. The Balaban J connectivity index is 1.77. The third kappa shape index (κ3) is 4.05. The molecule has 0 atom stereocenters. The molecule has 0 radical (unpaired) electrons. The van der Waals surface area contributed by atoms with Gasteiger partial charge in [0.1, 0.15) is 12.9 Å². The summed E-state index contributed by atoms with van der Waals surface area (Å²) < 4.78 is 12.6. The molecule has 0 unspecified atom stereocenters. The molecule has 0 bridgehead atoms. The van der Waals surface area contributed by atoms with Crippen molar-refractivity contribution in [1.29, 1.82) is 0 Å². The first-order valence-corrected chi connectivity index (χ1v) is 7.56. The van der Waals surface area contributed by atoms with Gasteiger partial charge in [-0.25, -0.2) is 10.1 Å². The predicted molar refractivity (Wildman–Crippen MR) is 95.2 cm³/mol. The molecule has 0 aliphatic carbocycles. The van der Waals surface area contributed by atoms with Crippen LogP contribution in [0.25, 0.3) is 0 Å². The van der Waals surface area contributed by atoms with Gasteiger partial charge in [-0.2, -0.15) is 5.10 Å². The summed E-state index contributed by atoms with van der Waals surface area (Å²) in [5.74, 6) is 7.18. The molecule has 0 amide bonds. The molecule has 3 aromatic rings. The Morgan fingerprint density at radius 3 is 2.76 bits per heavy atom. The quantitative estimate of drug-likeness (QED) is 0.388. The number of hydrogen-bond donors (Lipinski definition) is 2. The van der Waals surface area contributed by atoms with E-state index in [-0.39, 0.29) is 0 Å². The first kappa shape index (κ1) is 16.3. The highest BCUT2D eigenvalue weighted by Crippen LogP contribution is 2.30. The zero-order chi connectivity index (χ0) is 17.5. The van der Waals surface area contributed by atoms with Gasteiger partial charge in [-0.3, -0.25) is 0 Å². The van der Waals surface area contributed by atoms with Crippen LogP contribution in [0.1, 0.15) is 11.1 Å². The van der Waals surface area contributed by atoms with Crippen LogP contribution in [0.4, 0.5) is 5.95 Å². The second-order valence-electron chi connectivity index (χ2n) is 5.08. The van der Waals surface area contributed by atoms with Crippen LogP contribution < -0.4 is 20.7 Å². The summed E-state index contributed by atoms with van der Waals surface area (Å²) in [4.78, 5) is 0. The standard InChI is InChI=1S/C17H18N6O2/c1-24-15-9-5-8-14(10-19-21-17-22-20-12-23(17)18)16(15)25-11-13-6-3-2-4-7-13/h2-10,12H,11,18H2,1H3,(H,21,22)/b19-10+. The lowest BCUT2D eigenvalue weighted by Crippen LogP contribution is -2.10. The maximum absolute atomic E-state index is 5.95. The van der Waals surface area contributed by atoms with Crippen LogP contribution in [0.2, 0.25) is 0 Å². The van der Waals surface area contributed by atoms with E-state index in [0.717, 1.165) is 11.1 Å². The van der Waals surface area contributed by atoms with E-state index in [2.05, 4.69) is 20.7 Å². The zero-order valence-corrected chi connectivity index (χ0v) is 13.7. The van der Waals surface area contributed by atoms with Crippen molar-refractivity contribution in [2.24, 2.45) is 5.10 Å². The second kappa shape index (κ2) is 7.82. The fourth-order valence-electron chi connectivity index (χ4n) is 2.16. The van der Waals surface area contributed by atoms with Crippen LogP contribution in [0.5, 0.6) is 11.5 Å². The average Bonchev–Trinajstić information content (AvgIpc) is 3.06. The van der Waals surface area contributed by atoms with Crippen LogP contribution in [-0.2, 0) is 6.61 Å². The Kier molecular flexibility index (Phi) is 5.10. The minimum atomic E-state index is 0.325. The van der Waals surface area contributed by atoms with E-state index in [9.17, 15) is 0 Å². The number of nitrogens with two attached hydrogens (primary N) is 1. The van der Waals surface area contributed by atoms with Crippen molar-refractivity contribution in [2.45, 2.75) is 6.61 Å². The fraction of sp³-hybridized carbons (Fsp3) is 0.118. The Hall–Kier alpha value is -3.55. The number of nitrogen functional groups attached to an aromatic ring is 1. The summed E-state index contributed by atoms with van der Waals surface area (Å²) >= 11 is 0. The molecule has 1 aromatic heterocycles. The smallest absolute Gasteiger partial charge is 0.263 e. The number of rotatable bonds is 7. The van der Waals surface area contributed by atoms with Crippen LogP contribution in [0.15, 0.2) is 60.0 Å². The number of benzene rings is 2. The number of hydrazone groups is 1. The second-order valence-corrected chi connectivity index (χ2v) is 5.08. The maximum atomic E-state index is 5.95. The Morgan fingerprint density at radius 2 is 2.04 bits per heavy atom. The zero-order valence-electron chi connectivity index (χ0n) is 13.7. The Bertz CT molecular complexity index is 847. The van der Waals surface area contributed by atoms with Gasteiger partial charge in [0, 0.05) is 5.56 Å². The molecule has 8 nitrogen and oxygen atoms in total. The largest absolute Gasteiger partial charge is 0.493 e. The molecular weight excluding hydrogens is 320 g/mol. The highest BCUT2D eigenvalue weighted by molar-refractivity contribution is 5.85. The number of nitrogens with zero attached hydrogens (tertiary/aromatic N) is 4. The van der Waals surface area contributed by atoms with Crippen molar-refractivity contribution in [2.75, 3.05) is 18.4 Å². The molecule has 3 rings (SSSR count). The van der Waals surface area contributed by atoms with E-state index in [4.69, 9.17) is 15.3 Å². The number of methoxy groups -OCH3 is 1. The van der Waals surface area contributed by atoms with Crippen molar-refractivity contribution in [3.63, 3.8) is 0 Å². The van der Waals surface area contributed by atoms with Crippen molar-refractivity contribution >= 4 is 12.2 Å². The molecule has 0 aliphatic heterocycles. The first-order valence-electron chi connectivity index (χ1n) is 7.56. The predicted octanol–water partition coefficient (Wildman–Crippen LogP) is 2.03. The summed E-state index contributed by atoms with van der Waals surface area (Å²) in [5, 5.41) is 11.6. The molecule has 3 N–H and O–H groups in total. The van der Waals surface area contributed by atoms with Gasteiger partial charge < -0.3 is 15.3 Å². The van der Waals surface area contributed by atoms with Gasteiger partial charge in [0.2, 0.25) is 0 Å². The van der Waals surface area contributed by atoms with Crippen LogP contribution >= 0.6 is 0 Å². The Morgan fingerprint density at radius 1 is 1.20 bits per heavy atom. The van der Waals surface area contributed by atoms with Gasteiger partial charge in [0.15, 0.2) is 11.5 Å². The summed E-state index contributed by atoms with van der Waals surface area (Å²) in [6, 6.07) is 15.5. The minimum Gasteiger partial charge on any atom is -0.493 e. The van der Waals surface area contributed by atoms with Crippen LogP contribution in [-0.4, -0.2) is 28.2 Å². The number of nitrogens with one attached hydrogen (secondary N) is 1. The third-order valence-electron chi connectivity index (χ3n) is 3.40. The first-order chi connectivity index (χ1) is 12.3. The van der Waals surface area contributed by atoms with Crippen LogP contribution in [0, 0.1) is 0 Å². The van der Waals surface area contributed by atoms with Crippen molar-refractivity contribution in [1.82, 2.24) is 14.9 Å². The lowest BCUT2D eigenvalue weighted by Gasteiger charge is -2.13. The molecule has 0 aliphatic rings. The Labute approximate surface area is 144 Å². The van der Waals surface area contributed by atoms with E-state index in [1.54, 1.807) is 13.3 Å². The van der Waals surface area contributed by atoms with Gasteiger partial charge in [0.05, 0.1) is 13.3 Å². The third-order valence-corrected chi connectivity index (χ3v) is 3.40. The van der Waals surface area contributed by atoms with E-state index in [1.807, 2.05) is 48.5 Å². The molecule has 1 heterocycles. The van der Waals surface area contributed by atoms with Crippen LogP contribution in [0.3, 0.4) is 0 Å². The van der Waals surface area contributed by atoms with Crippen molar-refractivity contribution in [3.8, 4) is 11.5 Å². The highest BCUT2D eigenvalue weighted by Gasteiger charge is 2.10. The van der Waals surface area contributed by atoms with Gasteiger partial charge >= 0.3 is 0 Å². The fourth-order valence-corrected chi connectivity index (χ4v) is 2.16. The summed E-state index contributed by atoms with van der Waals surface area (Å²) in [7, 11) is 1.60. The normalized spacial score (nSPS) is 10.8.